The van der Waals surface area contributed by atoms with Crippen molar-refractivity contribution in [1.82, 2.24) is 9.97 Å². The molecule has 49 valence electrons. The van der Waals surface area contributed by atoms with E-state index in [1.807, 2.05) is 22.6 Å². The summed E-state index contributed by atoms with van der Waals surface area (Å²) in [6.45, 7) is 0. The third-order valence-corrected chi connectivity index (χ3v) is 1.80. The van der Waals surface area contributed by atoms with Gasteiger partial charge in [0.1, 0.15) is 0 Å². The summed E-state index contributed by atoms with van der Waals surface area (Å²) >= 11 is 6.56. The molecular formula is C4H3IN2NaOS. The minimum absolute atomic E-state index is 0. The summed E-state index contributed by atoms with van der Waals surface area (Å²) in [6, 6.07) is 0. The van der Waals surface area contributed by atoms with Gasteiger partial charge in [0.2, 0.25) is 0 Å². The second kappa shape index (κ2) is 4.66. The number of hydrogen-bond donors (Lipinski definition) is 2. The van der Waals surface area contributed by atoms with Crippen LogP contribution in [0.4, 0.5) is 0 Å². The van der Waals surface area contributed by atoms with Crippen LogP contribution >= 0.6 is 34.8 Å². The normalized spacial score (nSPS) is 8.50. The molecule has 0 bridgehead atoms. The number of halogens is 1. The van der Waals surface area contributed by atoms with Crippen LogP contribution in [-0.4, -0.2) is 39.5 Å². The average molecular weight is 277 g/mol. The Kier molecular flexibility index (Phi) is 5.04. The van der Waals surface area contributed by atoms with Gasteiger partial charge in [-0.25, -0.2) is 0 Å². The Balaban J connectivity index is 0.000000810. The van der Waals surface area contributed by atoms with Crippen molar-refractivity contribution >= 4 is 64.4 Å². The van der Waals surface area contributed by atoms with Gasteiger partial charge in [-0.05, 0) is 34.8 Å². The van der Waals surface area contributed by atoms with E-state index in [1.54, 1.807) is 6.20 Å². The van der Waals surface area contributed by atoms with Gasteiger partial charge < -0.3 is 4.98 Å². The number of aromatic amines is 2. The monoisotopic (exact) mass is 277 g/mol. The molecule has 1 rings (SSSR count). The van der Waals surface area contributed by atoms with Crippen LogP contribution < -0.4 is 5.56 Å². The summed E-state index contributed by atoms with van der Waals surface area (Å²) in [5, 5.41) is 0. The Morgan fingerprint density at radius 2 is 2.20 bits per heavy atom. The van der Waals surface area contributed by atoms with E-state index in [0.29, 0.717) is 8.34 Å². The Bertz CT molecular complexity index is 320. The number of rotatable bonds is 0. The van der Waals surface area contributed by atoms with E-state index < -0.39 is 0 Å². The molecule has 1 aromatic heterocycles. The second-order valence-corrected chi connectivity index (χ2v) is 2.99. The molecule has 3 nitrogen and oxygen atoms in total. The van der Waals surface area contributed by atoms with E-state index in [1.165, 1.54) is 0 Å². The predicted octanol–water partition coefficient (Wildman–Crippen LogP) is 0.656. The summed E-state index contributed by atoms with van der Waals surface area (Å²) in [6.07, 6.45) is 1.57. The molecule has 0 unspecified atom stereocenters. The first-order valence-corrected chi connectivity index (χ1v) is 3.66. The molecule has 0 saturated carbocycles. The van der Waals surface area contributed by atoms with Crippen molar-refractivity contribution in [2.24, 2.45) is 0 Å². The zero-order valence-electron chi connectivity index (χ0n) is 5.27. The molecular weight excluding hydrogens is 274 g/mol. The smallest absolute Gasteiger partial charge is 0.265 e. The molecule has 0 aromatic carbocycles. The third-order valence-electron chi connectivity index (χ3n) is 0.774. The largest absolute Gasteiger partial charge is 0.338 e. The summed E-state index contributed by atoms with van der Waals surface area (Å²) in [7, 11) is 0. The molecule has 0 spiro atoms. The quantitative estimate of drug-likeness (QED) is 0.416. The van der Waals surface area contributed by atoms with Crippen LogP contribution in [0.3, 0.4) is 0 Å². The Labute approximate surface area is 98.1 Å². The zero-order valence-corrected chi connectivity index (χ0v) is 10.2. The van der Waals surface area contributed by atoms with Crippen LogP contribution in [0.2, 0.25) is 0 Å². The molecule has 1 heterocycles. The van der Waals surface area contributed by atoms with Gasteiger partial charge in [0.15, 0.2) is 4.77 Å². The molecule has 0 saturated heterocycles. The average Bonchev–Trinajstić information content (AvgIpc) is 1.80. The molecule has 10 heavy (non-hydrogen) atoms. The predicted molar refractivity (Wildman–Crippen MR) is 50.7 cm³/mol. The maximum atomic E-state index is 10.7. The molecule has 0 aliphatic rings. The third kappa shape index (κ3) is 2.83. The standard InChI is InChI=1S/C4H3IN2OS.Na/c5-2-1-6-4(9)7-3(2)8;/h1H,(H2,6,7,8,9);. The van der Waals surface area contributed by atoms with Gasteiger partial charge in [-0.2, -0.15) is 0 Å². The van der Waals surface area contributed by atoms with Crippen molar-refractivity contribution in [2.75, 3.05) is 0 Å². The first-order valence-electron chi connectivity index (χ1n) is 2.17. The minimum atomic E-state index is -0.139. The van der Waals surface area contributed by atoms with Crippen LogP contribution in [-0.2, 0) is 0 Å². The van der Waals surface area contributed by atoms with Crippen LogP contribution in [0.15, 0.2) is 11.0 Å². The maximum Gasteiger partial charge on any atom is 0.265 e. The topological polar surface area (TPSA) is 48.6 Å². The summed E-state index contributed by atoms with van der Waals surface area (Å²) < 4.78 is 0.974. The number of H-pyrrole nitrogens is 2. The van der Waals surface area contributed by atoms with Gasteiger partial charge in [0, 0.05) is 35.8 Å². The van der Waals surface area contributed by atoms with Crippen molar-refractivity contribution in [3.8, 4) is 0 Å². The van der Waals surface area contributed by atoms with E-state index in [4.69, 9.17) is 0 Å². The summed E-state index contributed by atoms with van der Waals surface area (Å²) in [5.74, 6) is 0. The maximum absolute atomic E-state index is 10.7. The molecule has 0 aliphatic heterocycles. The molecule has 0 fully saturated rings. The Morgan fingerprint density at radius 1 is 1.60 bits per heavy atom. The zero-order chi connectivity index (χ0) is 6.85. The van der Waals surface area contributed by atoms with E-state index in [9.17, 15) is 4.79 Å². The number of aromatic nitrogens is 2. The fraction of sp³-hybridized carbons (Fsp3) is 0. The molecule has 2 N–H and O–H groups in total. The van der Waals surface area contributed by atoms with Gasteiger partial charge in [0.25, 0.3) is 5.56 Å². The number of hydrogen-bond acceptors (Lipinski definition) is 2. The fourth-order valence-corrected chi connectivity index (χ4v) is 0.836. The van der Waals surface area contributed by atoms with Crippen LogP contribution in [0.5, 0.6) is 0 Å². The van der Waals surface area contributed by atoms with Gasteiger partial charge in [-0.1, -0.05) is 0 Å². The van der Waals surface area contributed by atoms with Crippen molar-refractivity contribution < 1.29 is 0 Å². The minimum Gasteiger partial charge on any atom is -0.338 e. The van der Waals surface area contributed by atoms with Gasteiger partial charge in [0.05, 0.1) is 3.57 Å². The molecule has 6 heteroatoms. The molecule has 1 radical (unpaired) electrons. The summed E-state index contributed by atoms with van der Waals surface area (Å²) in [4.78, 5) is 15.8. The molecule has 0 aliphatic carbocycles. The molecule has 0 atom stereocenters. The van der Waals surface area contributed by atoms with Crippen molar-refractivity contribution in [1.29, 1.82) is 0 Å². The fourth-order valence-electron chi connectivity index (χ4n) is 0.393. The SMILES string of the molecule is O=c1[nH]c(=S)[nH]cc1I.[Na]. The Morgan fingerprint density at radius 3 is 2.60 bits per heavy atom. The van der Waals surface area contributed by atoms with Gasteiger partial charge in [-0.15, -0.1) is 0 Å². The first kappa shape index (κ1) is 10.8. The van der Waals surface area contributed by atoms with Crippen molar-refractivity contribution in [2.45, 2.75) is 0 Å². The van der Waals surface area contributed by atoms with Gasteiger partial charge in [-0.3, -0.25) is 9.78 Å². The van der Waals surface area contributed by atoms with Crippen molar-refractivity contribution in [3.63, 3.8) is 0 Å². The van der Waals surface area contributed by atoms with Gasteiger partial charge >= 0.3 is 0 Å². The van der Waals surface area contributed by atoms with Crippen LogP contribution in [0.1, 0.15) is 0 Å². The van der Waals surface area contributed by atoms with E-state index in [0.717, 1.165) is 0 Å². The van der Waals surface area contributed by atoms with E-state index in [2.05, 4.69) is 22.2 Å². The first-order chi connectivity index (χ1) is 4.20. The van der Waals surface area contributed by atoms with Crippen molar-refractivity contribution in [3.05, 3.63) is 24.9 Å². The molecule has 0 amide bonds. The van der Waals surface area contributed by atoms with Crippen LogP contribution in [0, 0.1) is 8.34 Å². The molecule has 1 aromatic rings. The Hall–Kier alpha value is 0.830. The van der Waals surface area contributed by atoms with Crippen LogP contribution in [0.25, 0.3) is 0 Å². The van der Waals surface area contributed by atoms with E-state index >= 15 is 0 Å². The van der Waals surface area contributed by atoms with E-state index in [-0.39, 0.29) is 35.1 Å². The number of nitrogens with one attached hydrogen (secondary N) is 2. The summed E-state index contributed by atoms with van der Waals surface area (Å²) in [5.41, 5.74) is -0.139. The second-order valence-electron chi connectivity index (χ2n) is 1.42.